The average molecular weight is 1660 g/mol. The number of rotatable bonds is 14. The second kappa shape index (κ2) is 43.9. The van der Waals surface area contributed by atoms with Gasteiger partial charge in [0.25, 0.3) is 0 Å². The molecule has 113 heavy (non-hydrogen) atoms. The minimum Gasteiger partial charge on any atom is -0.171 e. The van der Waals surface area contributed by atoms with Crippen molar-refractivity contribution in [3.8, 4) is 22.3 Å². The lowest BCUT2D eigenvalue weighted by atomic mass is 9.84. The molecule has 0 amide bonds. The third-order valence-corrected chi connectivity index (χ3v) is 25.0. The molecule has 0 aliphatic rings. The molecule has 10 rings (SSSR count). The van der Waals surface area contributed by atoms with Crippen molar-refractivity contribution in [1.29, 1.82) is 0 Å². The van der Waals surface area contributed by atoms with Crippen molar-refractivity contribution in [1.82, 2.24) is 0 Å². The molecular formula is C101H144F6S6. The molecule has 0 aliphatic heterocycles. The fourth-order valence-corrected chi connectivity index (χ4v) is 19.2. The summed E-state index contributed by atoms with van der Waals surface area (Å²) in [5, 5.41) is 0. The third-order valence-electron chi connectivity index (χ3n) is 19.0. The number of halogens is 6. The van der Waals surface area contributed by atoms with E-state index in [9.17, 15) is 26.3 Å². The van der Waals surface area contributed by atoms with Gasteiger partial charge in [0.2, 0.25) is 0 Å². The van der Waals surface area contributed by atoms with Gasteiger partial charge in [0, 0.05) is 58.5 Å². The normalized spacial score (nSPS) is 12.1. The molecule has 0 saturated heterocycles. The van der Waals surface area contributed by atoms with Gasteiger partial charge in [-0.25, -0.2) is 0 Å². The number of aryl methyl sites for hydroxylation is 9. The van der Waals surface area contributed by atoms with E-state index >= 15 is 0 Å². The smallest absolute Gasteiger partial charge is 0.171 e. The van der Waals surface area contributed by atoms with Crippen LogP contribution in [0.3, 0.4) is 0 Å². The van der Waals surface area contributed by atoms with E-state index in [4.69, 9.17) is 0 Å². The summed E-state index contributed by atoms with van der Waals surface area (Å²) in [6.45, 7) is 73.9. The van der Waals surface area contributed by atoms with Gasteiger partial charge in [0.15, 0.2) is 0 Å². The molecular weight excluding hydrogens is 1520 g/mol. The van der Waals surface area contributed by atoms with Crippen molar-refractivity contribution in [2.24, 2.45) is 32.5 Å². The zero-order chi connectivity index (χ0) is 86.5. The first kappa shape index (κ1) is 102. The van der Waals surface area contributed by atoms with Crippen LogP contribution in [0, 0.1) is 109 Å². The molecule has 4 aromatic carbocycles. The van der Waals surface area contributed by atoms with Crippen molar-refractivity contribution >= 4 is 68.0 Å². The fourth-order valence-electron chi connectivity index (χ4n) is 12.8. The predicted molar refractivity (Wildman–Crippen MR) is 498 cm³/mol. The summed E-state index contributed by atoms with van der Waals surface area (Å²) in [6.07, 6.45) is -3.57. The maximum Gasteiger partial charge on any atom is 0.394 e. The summed E-state index contributed by atoms with van der Waals surface area (Å²) in [5.41, 5.74) is 15.1. The zero-order valence-electron chi connectivity index (χ0n) is 76.0. The Labute approximate surface area is 708 Å². The Kier molecular flexibility index (Phi) is 39.6. The maximum absolute atomic E-state index is 13.1. The Bertz CT molecular complexity index is 4210. The van der Waals surface area contributed by atoms with Gasteiger partial charge in [-0.2, -0.15) is 26.3 Å². The summed E-state index contributed by atoms with van der Waals surface area (Å²) in [7, 11) is 0. The number of hydrogen-bond donors (Lipinski definition) is 0. The molecule has 626 valence electrons. The number of thiophene rings is 6. The van der Waals surface area contributed by atoms with Crippen LogP contribution in [0.2, 0.25) is 0 Å². The van der Waals surface area contributed by atoms with E-state index in [2.05, 4.69) is 311 Å². The lowest BCUT2D eigenvalue weighted by Gasteiger charge is -2.27. The highest BCUT2D eigenvalue weighted by Crippen LogP contribution is 2.43. The van der Waals surface area contributed by atoms with Gasteiger partial charge < -0.3 is 0 Å². The van der Waals surface area contributed by atoms with E-state index in [0.29, 0.717) is 50.9 Å². The van der Waals surface area contributed by atoms with Crippen molar-refractivity contribution in [3.05, 3.63) is 248 Å². The summed E-state index contributed by atoms with van der Waals surface area (Å²) in [5.74, 6) is 1.97. The Morgan fingerprint density at radius 1 is 0.248 bits per heavy atom. The van der Waals surface area contributed by atoms with Gasteiger partial charge in [0.1, 0.15) is 0 Å². The molecule has 0 radical (unpaired) electrons. The molecule has 0 N–H and O–H groups in total. The van der Waals surface area contributed by atoms with Gasteiger partial charge in [-0.15, -0.1) is 68.0 Å². The SMILES string of the molecule is Cc1c(C(C)C)cc(-c2ccc(CC(C)(C)C(F)(F)F)cc2)cc1C(C)C.Cc1c(C(C)C)cc(-c2ccc(CC(C)(C)C)cc2)cc1C(C)C.Cc1cc(CC(C)(C)C)sc1C.Cc1ccc(C)s1.Cc1ccc(C)s1.Cc1ccc(CC(C)(C)C(F)(F)F)s1.Cc1ccc(CC(C)(C)C)s1.Cc1ccc(CC(C)(C)C)s1. The third kappa shape index (κ3) is 37.9. The molecule has 10 aromatic rings. The van der Waals surface area contributed by atoms with Crippen LogP contribution in [-0.2, 0) is 38.5 Å². The molecule has 0 aliphatic carbocycles. The molecule has 0 atom stereocenters. The minimum absolute atomic E-state index is 0.0147. The van der Waals surface area contributed by atoms with Crippen molar-refractivity contribution in [2.75, 3.05) is 0 Å². The van der Waals surface area contributed by atoms with Gasteiger partial charge in [-0.05, 0) is 299 Å². The molecule has 6 aromatic heterocycles. The molecule has 0 saturated carbocycles. The summed E-state index contributed by atoms with van der Waals surface area (Å²) in [4.78, 5) is 16.3. The van der Waals surface area contributed by atoms with Crippen molar-refractivity contribution in [3.63, 3.8) is 0 Å². The molecule has 0 unspecified atom stereocenters. The van der Waals surface area contributed by atoms with Crippen LogP contribution in [0.4, 0.5) is 26.3 Å². The molecule has 0 bridgehead atoms. The summed E-state index contributed by atoms with van der Waals surface area (Å²) >= 11 is 10.9. The van der Waals surface area contributed by atoms with Crippen LogP contribution >= 0.6 is 68.0 Å². The second-order valence-corrected chi connectivity index (χ2v) is 46.9. The lowest BCUT2D eigenvalue weighted by Crippen LogP contribution is -2.34. The summed E-state index contributed by atoms with van der Waals surface area (Å²) in [6, 6.07) is 49.3. The van der Waals surface area contributed by atoms with Crippen LogP contribution < -0.4 is 0 Å². The van der Waals surface area contributed by atoms with Crippen LogP contribution in [0.25, 0.3) is 22.3 Å². The zero-order valence-corrected chi connectivity index (χ0v) is 80.9. The van der Waals surface area contributed by atoms with Crippen LogP contribution in [0.15, 0.2) is 140 Å². The monoisotopic (exact) mass is 1660 g/mol. The number of hydrogen-bond acceptors (Lipinski definition) is 6. The Hall–Kier alpha value is -5.34. The van der Waals surface area contributed by atoms with Crippen LogP contribution in [-0.4, -0.2) is 12.4 Å². The van der Waals surface area contributed by atoms with Gasteiger partial charge in [-0.3, -0.25) is 0 Å². The van der Waals surface area contributed by atoms with E-state index in [1.165, 1.54) is 163 Å². The maximum atomic E-state index is 13.1. The first-order valence-corrected chi connectivity index (χ1v) is 45.3. The molecule has 12 heteroatoms. The highest BCUT2D eigenvalue weighted by atomic mass is 32.1. The Morgan fingerprint density at radius 3 is 0.699 bits per heavy atom. The quantitative estimate of drug-likeness (QED) is 0.0952. The molecule has 0 nitrogen and oxygen atoms in total. The van der Waals surface area contributed by atoms with E-state index in [1.54, 1.807) is 6.07 Å². The Morgan fingerprint density at radius 2 is 0.487 bits per heavy atom. The minimum atomic E-state index is -4.21. The fraction of sp³-hybridized carbons (Fsp3) is 0.525. The van der Waals surface area contributed by atoms with Gasteiger partial charge >= 0.3 is 12.4 Å². The van der Waals surface area contributed by atoms with Gasteiger partial charge in [0.05, 0.1) is 10.8 Å². The number of alkyl halides is 6. The van der Waals surface area contributed by atoms with Crippen molar-refractivity contribution in [2.45, 2.75) is 317 Å². The lowest BCUT2D eigenvalue weighted by molar-refractivity contribution is -0.211. The molecule has 0 spiro atoms. The van der Waals surface area contributed by atoms with E-state index in [-0.39, 0.29) is 12.8 Å². The highest BCUT2D eigenvalue weighted by Gasteiger charge is 2.48. The highest BCUT2D eigenvalue weighted by molar-refractivity contribution is 7.13. The van der Waals surface area contributed by atoms with Crippen molar-refractivity contribution < 1.29 is 26.3 Å². The second-order valence-electron chi connectivity index (χ2n) is 38.4. The summed E-state index contributed by atoms with van der Waals surface area (Å²) < 4.78 is 77.0. The predicted octanol–water partition coefficient (Wildman–Crippen LogP) is 35.7. The largest absolute Gasteiger partial charge is 0.394 e. The van der Waals surface area contributed by atoms with E-state index in [1.807, 2.05) is 93.9 Å². The van der Waals surface area contributed by atoms with E-state index in [0.717, 1.165) is 27.3 Å². The average Bonchev–Trinajstić information content (AvgIpc) is 1.48. The standard InChI is InChI=1S/C24H31F3.C24H34.C11H18S.C10H13F3S.2C10H16S.2C6H8S/c1-15(2)21-12-20(13-22(16(3)4)17(21)5)19-10-8-18(9-11-19)14-23(6,7)24(25,26)27;1-16(2)22-13-21(14-23(17(3)4)18(22)5)20-11-9-19(10-12-20)15-24(6,7)8;1-8-6-10(12-9(8)2)7-11(3,4)5;1-7-4-5-8(14-7)6-9(2,3)10(11,12)13;2*1-8-5-6-9(11-8)7-10(2,3)4;2*1-5-3-4-6(2)7-5/h8-13,15-16H,14H2,1-7H3;9-14,16-17H,15H2,1-8H3;6H,7H2,1-5H3;4-5H,6H2,1-3H3;2*5-6H,7H2,1-4H3;2*3-4H,1-2H3. The molecule has 0 fully saturated rings. The van der Waals surface area contributed by atoms with Gasteiger partial charge in [-0.1, -0.05) is 239 Å². The first-order valence-electron chi connectivity index (χ1n) is 40.4. The van der Waals surface area contributed by atoms with Crippen LogP contribution in [0.5, 0.6) is 0 Å². The topological polar surface area (TPSA) is 0 Å². The molecule has 6 heterocycles. The van der Waals surface area contributed by atoms with Crippen LogP contribution in [0.1, 0.15) is 298 Å². The number of benzene rings is 4. The van der Waals surface area contributed by atoms with E-state index < -0.39 is 23.2 Å². The first-order chi connectivity index (χ1) is 51.5. The Balaban J connectivity index is 0.000000349.